The molecular formula is C90H100Br2Cl3N21O13. The minimum absolute atomic E-state index is 0.0193. The first kappa shape index (κ1) is 98.1. The van der Waals surface area contributed by atoms with Crippen LogP contribution in [-0.2, 0) is 45.8 Å². The summed E-state index contributed by atoms with van der Waals surface area (Å²) in [5, 5.41) is 8.58. The van der Waals surface area contributed by atoms with Gasteiger partial charge in [0.2, 0.25) is 17.2 Å². The summed E-state index contributed by atoms with van der Waals surface area (Å²) in [7, 11) is 11.4. The van der Waals surface area contributed by atoms with Crippen LogP contribution in [0.15, 0.2) is 228 Å². The van der Waals surface area contributed by atoms with Crippen molar-refractivity contribution in [1.82, 2.24) is 80.3 Å². The number of anilines is 4. The molecule has 5 aliphatic rings. The molecule has 0 bridgehead atoms. The zero-order chi connectivity index (χ0) is 92.0. The molecule has 5 fully saturated rings. The van der Waals surface area contributed by atoms with Gasteiger partial charge >= 0.3 is 36.2 Å². The van der Waals surface area contributed by atoms with Crippen LogP contribution in [0.4, 0.5) is 52.3 Å². The third-order valence-corrected chi connectivity index (χ3v) is 21.3. The van der Waals surface area contributed by atoms with Gasteiger partial charge in [0.15, 0.2) is 4.73 Å². The van der Waals surface area contributed by atoms with E-state index in [1.165, 1.54) is 4.90 Å². The third-order valence-electron chi connectivity index (χ3n) is 19.9. The molecule has 34 nitrogen and oxygen atoms in total. The summed E-state index contributed by atoms with van der Waals surface area (Å²) in [6.07, 6.45) is 6.35. The van der Waals surface area contributed by atoms with Gasteiger partial charge in [-0.2, -0.15) is 0 Å². The number of nitrogens with zero attached hydrogens (tertiary/aromatic N) is 17. The van der Waals surface area contributed by atoms with Crippen molar-refractivity contribution in [3.63, 3.8) is 0 Å². The number of aromatic nitrogens is 8. The maximum atomic E-state index is 12.5. The number of amides is 12. The Balaban J connectivity index is 0.000000158. The number of nitrogens with two attached hydrogens (primary N) is 1. The summed E-state index contributed by atoms with van der Waals surface area (Å²) in [4.78, 5) is 120. The summed E-state index contributed by atoms with van der Waals surface area (Å²) >= 11 is 23.6. The normalized spacial score (nSPS) is 13.6. The van der Waals surface area contributed by atoms with E-state index in [-0.39, 0.29) is 41.5 Å². The molecule has 5 saturated heterocycles. The van der Waals surface area contributed by atoms with Gasteiger partial charge in [-0.1, -0.05) is 96.5 Å². The fraction of sp³-hybridized carbons (Fsp3) is 0.289. The predicted molar refractivity (Wildman–Crippen MR) is 500 cm³/mol. The highest BCUT2D eigenvalue weighted by Crippen LogP contribution is 2.28. The number of nitrogens with one attached hydrogen (secondary N) is 3. The average Bonchev–Trinajstić information content (AvgIpc) is 1.70. The van der Waals surface area contributed by atoms with Crippen LogP contribution >= 0.6 is 66.7 Å². The van der Waals surface area contributed by atoms with E-state index in [4.69, 9.17) is 73.7 Å². The molecule has 7 aromatic carbocycles. The zero-order valence-corrected chi connectivity index (χ0v) is 77.5. The van der Waals surface area contributed by atoms with Crippen molar-refractivity contribution >= 4 is 126 Å². The molecule has 0 radical (unpaired) electrons. The van der Waals surface area contributed by atoms with Crippen molar-refractivity contribution in [3.05, 3.63) is 278 Å². The van der Waals surface area contributed by atoms with Gasteiger partial charge in [0, 0.05) is 148 Å². The Bertz CT molecular complexity index is 4900. The lowest BCUT2D eigenvalue weighted by atomic mass is 10.2. The number of benzene rings is 7. The number of urea groups is 6. The third kappa shape index (κ3) is 30.3. The second kappa shape index (κ2) is 51.0. The number of rotatable bonds is 26. The largest absolute Gasteiger partial charge is 0.497 e. The number of hydrogen-bond acceptors (Lipinski definition) is 22. The number of carbonyl (C=O) groups excluding carboxylic acids is 6. The Morgan fingerprint density at radius 1 is 0.380 bits per heavy atom. The number of ether oxygens (including phenoxy) is 7. The summed E-state index contributed by atoms with van der Waals surface area (Å²) in [6, 6.07) is 60.0. The molecule has 4 aromatic heterocycles. The van der Waals surface area contributed by atoms with Gasteiger partial charge in [0.25, 0.3) is 0 Å². The molecule has 5 N–H and O–H groups in total. The molecule has 11 aromatic rings. The minimum atomic E-state index is -0.212. The highest BCUT2D eigenvalue weighted by Gasteiger charge is 2.35. The Morgan fingerprint density at radius 3 is 1.05 bits per heavy atom. The maximum Gasteiger partial charge on any atom is 0.327 e. The van der Waals surface area contributed by atoms with E-state index in [9.17, 15) is 28.8 Å². The molecule has 39 heteroatoms. The van der Waals surface area contributed by atoms with Gasteiger partial charge in [0.05, 0.1) is 49.8 Å². The van der Waals surface area contributed by atoms with Gasteiger partial charge < -0.3 is 79.3 Å². The number of methoxy groups -OCH3 is 7. The first-order chi connectivity index (χ1) is 62.6. The molecule has 0 saturated carbocycles. The maximum absolute atomic E-state index is 12.5. The van der Waals surface area contributed by atoms with Crippen molar-refractivity contribution in [2.45, 2.75) is 45.8 Å². The van der Waals surface area contributed by atoms with Crippen LogP contribution in [0.3, 0.4) is 0 Å². The lowest BCUT2D eigenvalue weighted by molar-refractivity contribution is 0.215. The standard InChI is InChI=1S/2C15H15BrN4O2.2C15H15ClN4O2.C11H15ClN2O2.C11H14N2O2.C8H11NO/c1-22-12-4-2-11(3-5-12)10-19-8-9-20(15(19)21)13-6-7-17-14(16)18-13;1-22-12-4-2-11(3-5-12)10-19-8-9-20(15(19)21)14-17-7-6-13(16)18-14;1-22-12-4-2-11(3-5-12)10-19-8-9-20(15(19)21)13-6-7-17-14(16)18-13;1-22-12-4-2-11(3-5-12)10-19-8-9-20(15(19)21)14-17-7-6-13(16)18-14;1-16-10-4-2-9(3-5-10)8-14-11(15)13-7-6-12;1-15-10-4-2-9(3-5-10)8-13-7-6-12-11(13)14;1-10-8-4-2-7(6-9)3-5-8/h4*2-7H,8-10H2,1H3;2-5H,6-8H2,1H3,(H2,13,14,15);2-5H,6-8H2,1H3,(H,12,14);2-5H,6,9H2,1H3. The van der Waals surface area contributed by atoms with Crippen molar-refractivity contribution in [2.24, 2.45) is 5.73 Å². The lowest BCUT2D eigenvalue weighted by Crippen LogP contribution is -2.36. The summed E-state index contributed by atoms with van der Waals surface area (Å²) < 4.78 is 36.8. The van der Waals surface area contributed by atoms with Crippen LogP contribution in [0.2, 0.25) is 10.4 Å². The second-order valence-corrected chi connectivity index (χ2v) is 30.9. The quantitative estimate of drug-likeness (QED) is 0.0222. The van der Waals surface area contributed by atoms with Crippen molar-refractivity contribution < 1.29 is 61.9 Å². The van der Waals surface area contributed by atoms with E-state index in [1.807, 2.05) is 170 Å². The van der Waals surface area contributed by atoms with Crippen LogP contribution in [0.5, 0.6) is 40.2 Å². The second-order valence-electron chi connectivity index (χ2n) is 28.2. The first-order valence-corrected chi connectivity index (χ1v) is 43.4. The van der Waals surface area contributed by atoms with Crippen molar-refractivity contribution in [2.75, 3.05) is 147 Å². The van der Waals surface area contributed by atoms with Crippen LogP contribution < -0.4 is 74.4 Å². The van der Waals surface area contributed by atoms with E-state index in [0.717, 1.165) is 92.3 Å². The fourth-order valence-corrected chi connectivity index (χ4v) is 13.9. The van der Waals surface area contributed by atoms with E-state index >= 15 is 0 Å². The molecule has 12 amide bonds. The smallest absolute Gasteiger partial charge is 0.327 e. The topological polar surface area (TPSA) is 361 Å². The molecule has 0 spiro atoms. The molecule has 678 valence electrons. The Morgan fingerprint density at radius 2 is 0.713 bits per heavy atom. The summed E-state index contributed by atoms with van der Waals surface area (Å²) in [6.45, 7) is 10.9. The first-order valence-electron chi connectivity index (χ1n) is 40.5. The highest BCUT2D eigenvalue weighted by atomic mass is 79.9. The predicted octanol–water partition coefficient (Wildman–Crippen LogP) is 14.6. The Hall–Kier alpha value is -13.1. The van der Waals surface area contributed by atoms with Crippen LogP contribution in [0, 0.1) is 0 Å². The van der Waals surface area contributed by atoms with Gasteiger partial charge in [-0.05, 0) is 192 Å². The molecule has 9 heterocycles. The zero-order valence-electron chi connectivity index (χ0n) is 72.1. The monoisotopic (exact) mass is 1950 g/mol. The van der Waals surface area contributed by atoms with Gasteiger partial charge in [-0.3, -0.25) is 19.6 Å². The Labute approximate surface area is 780 Å². The lowest BCUT2D eigenvalue weighted by Gasteiger charge is -2.18. The number of alkyl halides is 1. The summed E-state index contributed by atoms with van der Waals surface area (Å²) in [5.74, 6) is 8.05. The summed E-state index contributed by atoms with van der Waals surface area (Å²) in [5.41, 5.74) is 12.9. The van der Waals surface area contributed by atoms with Gasteiger partial charge in [0.1, 0.15) is 61.6 Å². The molecular weight excluding hydrogens is 1850 g/mol. The molecule has 0 atom stereocenters. The number of hydrogen-bond donors (Lipinski definition) is 4. The van der Waals surface area contributed by atoms with Gasteiger partial charge in [-0.15, -0.1) is 11.6 Å². The van der Waals surface area contributed by atoms with E-state index < -0.39 is 0 Å². The average molecular weight is 1950 g/mol. The number of carbonyl (C=O) groups is 6. The molecule has 0 unspecified atom stereocenters. The van der Waals surface area contributed by atoms with Crippen LogP contribution in [0.1, 0.15) is 38.9 Å². The van der Waals surface area contributed by atoms with E-state index in [1.54, 1.807) is 138 Å². The molecule has 5 aliphatic heterocycles. The molecule has 16 rings (SSSR count). The Kier molecular flexibility index (Phi) is 38.8. The van der Waals surface area contributed by atoms with Crippen molar-refractivity contribution in [3.8, 4) is 40.2 Å². The number of halogens is 5. The van der Waals surface area contributed by atoms with E-state index in [2.05, 4.69) is 87.7 Å². The van der Waals surface area contributed by atoms with Crippen molar-refractivity contribution in [1.29, 1.82) is 0 Å². The van der Waals surface area contributed by atoms with Crippen LogP contribution in [0.25, 0.3) is 0 Å². The SMILES string of the molecule is COc1ccc(CN)cc1.COc1ccc(CN2CCN(c3ccnc(Br)n3)C2=O)cc1.COc1ccc(CN2CCN(c3ccnc(Cl)n3)C2=O)cc1.COc1ccc(CN2CCN(c3nccc(Br)n3)C2=O)cc1.COc1ccc(CN2CCN(c3nccc(Cl)n3)C2=O)cc1.COc1ccc(CN2CCNC2=O)cc1.COc1ccc(CNC(=O)NCCCl)cc1. The van der Waals surface area contributed by atoms with Gasteiger partial charge in [-0.25, -0.2) is 68.6 Å². The minimum Gasteiger partial charge on any atom is -0.497 e. The highest BCUT2D eigenvalue weighted by molar-refractivity contribution is 9.10. The van der Waals surface area contributed by atoms with Crippen LogP contribution in [-0.4, -0.2) is 228 Å². The van der Waals surface area contributed by atoms with E-state index in [0.29, 0.717) is 149 Å². The fourth-order valence-electron chi connectivity index (χ4n) is 12.9. The molecule has 129 heavy (non-hydrogen) atoms. The molecule has 0 aliphatic carbocycles.